The average molecular weight is 249 g/mol. The molecule has 0 fully saturated rings. The van der Waals surface area contributed by atoms with Crippen LogP contribution in [-0.4, -0.2) is 37.4 Å². The standard InChI is InChI=1S/C13H19N3O2/c1-16(2)11(17)8-9-15-13(18)12(14)10-6-4-3-5-7-10/h3-7,12H,8-9,14H2,1-2H3,(H,15,18). The van der Waals surface area contributed by atoms with Gasteiger partial charge in [0.1, 0.15) is 6.04 Å². The van der Waals surface area contributed by atoms with Crippen LogP contribution in [0, 0.1) is 0 Å². The van der Waals surface area contributed by atoms with Crippen molar-refractivity contribution in [3.63, 3.8) is 0 Å². The van der Waals surface area contributed by atoms with Crippen molar-refractivity contribution in [2.24, 2.45) is 5.73 Å². The van der Waals surface area contributed by atoms with Gasteiger partial charge in [-0.05, 0) is 5.56 Å². The number of nitrogens with two attached hydrogens (primary N) is 1. The van der Waals surface area contributed by atoms with Crippen LogP contribution in [0.15, 0.2) is 30.3 Å². The van der Waals surface area contributed by atoms with E-state index >= 15 is 0 Å². The van der Waals surface area contributed by atoms with Crippen LogP contribution < -0.4 is 11.1 Å². The van der Waals surface area contributed by atoms with Crippen molar-refractivity contribution >= 4 is 11.8 Å². The number of hydrogen-bond acceptors (Lipinski definition) is 3. The van der Waals surface area contributed by atoms with Gasteiger partial charge in [-0.15, -0.1) is 0 Å². The molecule has 3 N–H and O–H groups in total. The van der Waals surface area contributed by atoms with Crippen LogP contribution in [0.4, 0.5) is 0 Å². The fraction of sp³-hybridized carbons (Fsp3) is 0.385. The Hall–Kier alpha value is -1.88. The first kappa shape index (κ1) is 14.2. The van der Waals surface area contributed by atoms with Gasteiger partial charge in [-0.2, -0.15) is 0 Å². The van der Waals surface area contributed by atoms with E-state index in [1.165, 1.54) is 4.90 Å². The van der Waals surface area contributed by atoms with Gasteiger partial charge >= 0.3 is 0 Å². The summed E-state index contributed by atoms with van der Waals surface area (Å²) < 4.78 is 0. The highest BCUT2D eigenvalue weighted by atomic mass is 16.2. The molecule has 0 heterocycles. The molecule has 0 aliphatic rings. The van der Waals surface area contributed by atoms with Gasteiger partial charge in [-0.3, -0.25) is 9.59 Å². The Labute approximate surface area is 107 Å². The SMILES string of the molecule is CN(C)C(=O)CCNC(=O)C(N)c1ccccc1. The minimum absolute atomic E-state index is 0.0245. The second kappa shape index (κ2) is 6.76. The topological polar surface area (TPSA) is 75.4 Å². The summed E-state index contributed by atoms with van der Waals surface area (Å²) in [5.41, 5.74) is 6.57. The summed E-state index contributed by atoms with van der Waals surface area (Å²) >= 11 is 0. The van der Waals surface area contributed by atoms with E-state index in [0.717, 1.165) is 5.56 Å². The number of nitrogens with zero attached hydrogens (tertiary/aromatic N) is 1. The molecule has 5 heteroatoms. The van der Waals surface area contributed by atoms with Crippen LogP contribution in [0.5, 0.6) is 0 Å². The zero-order valence-electron chi connectivity index (χ0n) is 10.7. The smallest absolute Gasteiger partial charge is 0.241 e. The van der Waals surface area contributed by atoms with Gasteiger partial charge in [0.25, 0.3) is 0 Å². The second-order valence-electron chi connectivity index (χ2n) is 4.22. The maximum atomic E-state index is 11.7. The zero-order chi connectivity index (χ0) is 13.5. The fourth-order valence-electron chi connectivity index (χ4n) is 1.44. The molecule has 0 saturated carbocycles. The predicted molar refractivity (Wildman–Crippen MR) is 69.7 cm³/mol. The van der Waals surface area contributed by atoms with E-state index in [9.17, 15) is 9.59 Å². The van der Waals surface area contributed by atoms with Crippen molar-refractivity contribution in [2.45, 2.75) is 12.5 Å². The molecule has 1 atom stereocenters. The van der Waals surface area contributed by atoms with E-state index in [1.807, 2.05) is 18.2 Å². The van der Waals surface area contributed by atoms with Crippen LogP contribution >= 0.6 is 0 Å². The Morgan fingerprint density at radius 1 is 1.28 bits per heavy atom. The third kappa shape index (κ3) is 4.18. The number of amides is 2. The van der Waals surface area contributed by atoms with Crippen molar-refractivity contribution in [2.75, 3.05) is 20.6 Å². The van der Waals surface area contributed by atoms with Crippen molar-refractivity contribution in [3.05, 3.63) is 35.9 Å². The summed E-state index contributed by atoms with van der Waals surface area (Å²) in [6.07, 6.45) is 0.278. The van der Waals surface area contributed by atoms with Crippen LogP contribution in [0.3, 0.4) is 0 Å². The largest absolute Gasteiger partial charge is 0.354 e. The lowest BCUT2D eigenvalue weighted by atomic mass is 10.1. The van der Waals surface area contributed by atoms with E-state index in [1.54, 1.807) is 26.2 Å². The molecule has 1 aromatic rings. The first-order valence-corrected chi connectivity index (χ1v) is 5.80. The lowest BCUT2D eigenvalue weighted by Crippen LogP contribution is -2.36. The predicted octanol–water partition coefficient (Wildman–Crippen LogP) is 0.281. The van der Waals surface area contributed by atoms with E-state index < -0.39 is 6.04 Å². The van der Waals surface area contributed by atoms with Crippen molar-refractivity contribution in [1.82, 2.24) is 10.2 Å². The second-order valence-corrected chi connectivity index (χ2v) is 4.22. The number of hydrogen-bond donors (Lipinski definition) is 2. The average Bonchev–Trinajstić information content (AvgIpc) is 2.38. The Balaban J connectivity index is 2.40. The molecule has 1 rings (SSSR count). The van der Waals surface area contributed by atoms with E-state index in [4.69, 9.17) is 5.73 Å². The molecule has 2 amide bonds. The molecule has 5 nitrogen and oxygen atoms in total. The van der Waals surface area contributed by atoms with Gasteiger partial charge in [-0.25, -0.2) is 0 Å². The molecule has 0 radical (unpaired) electrons. The van der Waals surface area contributed by atoms with Crippen molar-refractivity contribution in [3.8, 4) is 0 Å². The summed E-state index contributed by atoms with van der Waals surface area (Å²) in [7, 11) is 3.36. The first-order valence-electron chi connectivity index (χ1n) is 5.80. The van der Waals surface area contributed by atoms with E-state index in [-0.39, 0.29) is 18.2 Å². The van der Waals surface area contributed by atoms with E-state index in [2.05, 4.69) is 5.32 Å². The molecule has 1 unspecified atom stereocenters. The van der Waals surface area contributed by atoms with Crippen molar-refractivity contribution < 1.29 is 9.59 Å². The molecular weight excluding hydrogens is 230 g/mol. The highest BCUT2D eigenvalue weighted by Gasteiger charge is 2.15. The quantitative estimate of drug-likeness (QED) is 0.787. The molecule has 0 bridgehead atoms. The number of benzene rings is 1. The molecule has 0 aromatic heterocycles. The first-order chi connectivity index (χ1) is 8.52. The highest BCUT2D eigenvalue weighted by Crippen LogP contribution is 2.08. The third-order valence-corrected chi connectivity index (χ3v) is 2.58. The summed E-state index contributed by atoms with van der Waals surface area (Å²) in [5, 5.41) is 2.66. The highest BCUT2D eigenvalue weighted by molar-refractivity contribution is 5.83. The van der Waals surface area contributed by atoms with Gasteiger partial charge in [0.15, 0.2) is 0 Å². The zero-order valence-corrected chi connectivity index (χ0v) is 10.7. The van der Waals surface area contributed by atoms with Crippen LogP contribution in [-0.2, 0) is 9.59 Å². The van der Waals surface area contributed by atoms with Gasteiger partial charge in [0, 0.05) is 27.1 Å². The van der Waals surface area contributed by atoms with Crippen molar-refractivity contribution in [1.29, 1.82) is 0 Å². The summed E-state index contributed by atoms with van der Waals surface area (Å²) in [5.74, 6) is -0.295. The van der Waals surface area contributed by atoms with Crippen LogP contribution in [0.25, 0.3) is 0 Å². The summed E-state index contributed by atoms with van der Waals surface area (Å²) in [4.78, 5) is 24.5. The Bertz CT molecular complexity index is 404. The Kier molecular flexibility index (Phi) is 5.32. The normalized spacial score (nSPS) is 11.7. The molecule has 18 heavy (non-hydrogen) atoms. The maximum absolute atomic E-state index is 11.7. The minimum atomic E-state index is -0.694. The lowest BCUT2D eigenvalue weighted by Gasteiger charge is -2.13. The molecule has 0 spiro atoms. The number of rotatable bonds is 5. The minimum Gasteiger partial charge on any atom is -0.354 e. The molecule has 0 aliphatic carbocycles. The summed E-state index contributed by atoms with van der Waals surface area (Å²) in [6.45, 7) is 0.302. The van der Waals surface area contributed by atoms with Crippen LogP contribution in [0.1, 0.15) is 18.0 Å². The van der Waals surface area contributed by atoms with Gasteiger partial charge in [0.05, 0.1) is 0 Å². The van der Waals surface area contributed by atoms with Gasteiger partial charge in [0.2, 0.25) is 11.8 Å². The van der Waals surface area contributed by atoms with Gasteiger partial charge in [-0.1, -0.05) is 30.3 Å². The molecular formula is C13H19N3O2. The maximum Gasteiger partial charge on any atom is 0.241 e. The van der Waals surface area contributed by atoms with Gasteiger partial charge < -0.3 is 16.0 Å². The Morgan fingerprint density at radius 2 is 1.89 bits per heavy atom. The number of carbonyl (C=O) groups is 2. The molecule has 0 aliphatic heterocycles. The lowest BCUT2D eigenvalue weighted by molar-refractivity contribution is -0.128. The molecule has 1 aromatic carbocycles. The summed E-state index contributed by atoms with van der Waals surface area (Å²) in [6, 6.07) is 8.44. The van der Waals surface area contributed by atoms with Crippen LogP contribution in [0.2, 0.25) is 0 Å². The fourth-order valence-corrected chi connectivity index (χ4v) is 1.44. The number of nitrogens with one attached hydrogen (secondary N) is 1. The number of carbonyl (C=O) groups excluding carboxylic acids is 2. The van der Waals surface area contributed by atoms with E-state index in [0.29, 0.717) is 6.54 Å². The molecule has 98 valence electrons. The molecule has 0 saturated heterocycles. The monoisotopic (exact) mass is 249 g/mol. The third-order valence-electron chi connectivity index (χ3n) is 2.58. The Morgan fingerprint density at radius 3 is 2.44 bits per heavy atom.